The second-order valence-corrected chi connectivity index (χ2v) is 7.39. The summed E-state index contributed by atoms with van der Waals surface area (Å²) in [5, 5.41) is 2.85. The molecule has 2 aliphatic heterocycles. The van der Waals surface area contributed by atoms with E-state index in [2.05, 4.69) is 5.32 Å². The normalized spacial score (nSPS) is 24.3. The van der Waals surface area contributed by atoms with Crippen molar-refractivity contribution < 1.29 is 23.8 Å². The quantitative estimate of drug-likeness (QED) is 0.599. The molecule has 2 amide bonds. The van der Waals surface area contributed by atoms with Crippen LogP contribution >= 0.6 is 0 Å². The third-order valence-corrected chi connectivity index (χ3v) is 5.58. The maximum absolute atomic E-state index is 13.0. The summed E-state index contributed by atoms with van der Waals surface area (Å²) in [7, 11) is 0. The lowest BCUT2D eigenvalue weighted by atomic mass is 10.2. The Labute approximate surface area is 153 Å². The Hall–Kier alpha value is -1.99. The van der Waals surface area contributed by atoms with Gasteiger partial charge in [0, 0.05) is 18.8 Å². The first kappa shape index (κ1) is 18.8. The van der Waals surface area contributed by atoms with Gasteiger partial charge in [-0.1, -0.05) is 0 Å². The zero-order chi connectivity index (χ0) is 18.5. The first-order valence-corrected chi connectivity index (χ1v) is 9.55. The van der Waals surface area contributed by atoms with Gasteiger partial charge in [-0.05, 0) is 44.0 Å². The van der Waals surface area contributed by atoms with Crippen molar-refractivity contribution in [3.8, 4) is 0 Å². The smallest absolute Gasteiger partial charge is 0.282 e. The Morgan fingerprint density at radius 1 is 1.12 bits per heavy atom. The molecule has 0 unspecified atom stereocenters. The van der Waals surface area contributed by atoms with Crippen LogP contribution in [0, 0.1) is 5.82 Å². The van der Waals surface area contributed by atoms with Crippen molar-refractivity contribution in [3.05, 3.63) is 30.1 Å². The Balaban J connectivity index is 1.43. The van der Waals surface area contributed by atoms with Gasteiger partial charge < -0.3 is 20.0 Å². The van der Waals surface area contributed by atoms with Crippen LogP contribution in [-0.4, -0.2) is 68.6 Å². The number of halogens is 1. The Kier molecular flexibility index (Phi) is 6.21. The van der Waals surface area contributed by atoms with Crippen LogP contribution in [0.25, 0.3) is 0 Å². The monoisotopic (exact) mass is 364 g/mol. The van der Waals surface area contributed by atoms with Crippen molar-refractivity contribution in [1.29, 1.82) is 0 Å². The van der Waals surface area contributed by atoms with Gasteiger partial charge in [0.15, 0.2) is 12.6 Å². The van der Waals surface area contributed by atoms with Gasteiger partial charge in [-0.3, -0.25) is 9.59 Å². The van der Waals surface area contributed by atoms with Gasteiger partial charge in [0.05, 0.1) is 0 Å². The van der Waals surface area contributed by atoms with Crippen molar-refractivity contribution in [2.24, 2.45) is 0 Å². The van der Waals surface area contributed by atoms with E-state index in [1.165, 1.54) is 21.9 Å². The molecule has 0 saturated carbocycles. The summed E-state index contributed by atoms with van der Waals surface area (Å²) in [5.74, 6) is -0.101. The molecule has 2 heterocycles. The topological polar surface area (TPSA) is 58.3 Å². The highest BCUT2D eigenvalue weighted by atomic mass is 19.1. The van der Waals surface area contributed by atoms with Gasteiger partial charge in [0.1, 0.15) is 32.0 Å². The van der Waals surface area contributed by atoms with E-state index in [4.69, 9.17) is 0 Å². The number of carbonyl (C=O) groups is 2. The standard InChI is InChI=1S/C19H27FN4O2/c1-15(19(26)21-17-6-4-16(20)5-7-17)23-12-10-22(11-13-23)14-18(25)24-8-2-3-9-24/h4-7,15H,2-3,8-14H2,1H3,(H,21,26)/p+2/t15-/m0/s1. The number of amides is 2. The third kappa shape index (κ3) is 4.80. The minimum Gasteiger partial charge on any atom is -0.338 e. The number of rotatable bonds is 5. The largest absolute Gasteiger partial charge is 0.338 e. The predicted molar refractivity (Wildman–Crippen MR) is 96.6 cm³/mol. The molecule has 0 spiro atoms. The van der Waals surface area contributed by atoms with Gasteiger partial charge >= 0.3 is 0 Å². The molecule has 6 nitrogen and oxygen atoms in total. The molecule has 2 aliphatic rings. The minimum atomic E-state index is -0.316. The maximum atomic E-state index is 13.0. The molecular formula is C19H29FN4O2+2. The zero-order valence-electron chi connectivity index (χ0n) is 15.4. The fourth-order valence-corrected chi connectivity index (χ4v) is 3.80. The molecule has 7 heteroatoms. The molecule has 2 saturated heterocycles. The van der Waals surface area contributed by atoms with Crippen LogP contribution in [0.4, 0.5) is 10.1 Å². The van der Waals surface area contributed by atoms with Crippen molar-refractivity contribution in [3.63, 3.8) is 0 Å². The molecule has 142 valence electrons. The number of nitrogens with zero attached hydrogens (tertiary/aromatic N) is 1. The van der Waals surface area contributed by atoms with Crippen LogP contribution in [0.15, 0.2) is 24.3 Å². The molecule has 1 aromatic carbocycles. The molecule has 1 atom stereocenters. The summed E-state index contributed by atoms with van der Waals surface area (Å²) >= 11 is 0. The first-order chi connectivity index (χ1) is 12.5. The summed E-state index contributed by atoms with van der Waals surface area (Å²) in [4.78, 5) is 29.2. The summed E-state index contributed by atoms with van der Waals surface area (Å²) < 4.78 is 13.0. The van der Waals surface area contributed by atoms with Crippen LogP contribution in [-0.2, 0) is 9.59 Å². The van der Waals surface area contributed by atoms with E-state index in [-0.39, 0.29) is 23.7 Å². The maximum Gasteiger partial charge on any atom is 0.282 e. The number of nitrogens with one attached hydrogen (secondary N) is 3. The summed E-state index contributed by atoms with van der Waals surface area (Å²) in [6, 6.07) is 5.65. The second-order valence-electron chi connectivity index (χ2n) is 7.39. The number of anilines is 1. The zero-order valence-corrected chi connectivity index (χ0v) is 15.4. The highest BCUT2D eigenvalue weighted by Gasteiger charge is 2.32. The number of hydrogen-bond donors (Lipinski definition) is 3. The van der Waals surface area contributed by atoms with E-state index in [1.54, 1.807) is 12.1 Å². The first-order valence-electron chi connectivity index (χ1n) is 9.55. The highest BCUT2D eigenvalue weighted by Crippen LogP contribution is 2.08. The molecular weight excluding hydrogens is 335 g/mol. The lowest BCUT2D eigenvalue weighted by molar-refractivity contribution is -1.01. The van der Waals surface area contributed by atoms with E-state index in [0.717, 1.165) is 52.1 Å². The lowest BCUT2D eigenvalue weighted by Crippen LogP contribution is -3.30. The summed E-state index contributed by atoms with van der Waals surface area (Å²) in [6.07, 6.45) is 2.25. The number of likely N-dealkylation sites (tertiary alicyclic amines) is 1. The SMILES string of the molecule is C[C@@H](C(=O)Nc1ccc(F)cc1)[NH+]1CC[NH+](CC(=O)N2CCCC2)CC1. The van der Waals surface area contributed by atoms with Crippen LogP contribution < -0.4 is 15.1 Å². The molecule has 0 aromatic heterocycles. The fourth-order valence-electron chi connectivity index (χ4n) is 3.80. The fraction of sp³-hybridized carbons (Fsp3) is 0.579. The van der Waals surface area contributed by atoms with Crippen molar-refractivity contribution in [2.45, 2.75) is 25.8 Å². The van der Waals surface area contributed by atoms with E-state index in [9.17, 15) is 14.0 Å². The Morgan fingerprint density at radius 2 is 1.73 bits per heavy atom. The predicted octanol–water partition coefficient (Wildman–Crippen LogP) is -1.44. The van der Waals surface area contributed by atoms with Gasteiger partial charge in [0.2, 0.25) is 0 Å². The highest BCUT2D eigenvalue weighted by molar-refractivity contribution is 5.93. The Bertz CT molecular complexity index is 623. The molecule has 1 aromatic rings. The minimum absolute atomic E-state index is 0.0526. The second kappa shape index (κ2) is 8.60. The van der Waals surface area contributed by atoms with E-state index < -0.39 is 0 Å². The van der Waals surface area contributed by atoms with Crippen molar-refractivity contribution in [1.82, 2.24) is 4.90 Å². The number of piperazine rings is 1. The summed E-state index contributed by atoms with van der Waals surface area (Å²) in [5.41, 5.74) is 0.614. The molecule has 26 heavy (non-hydrogen) atoms. The Morgan fingerprint density at radius 3 is 2.35 bits per heavy atom. The average molecular weight is 364 g/mol. The van der Waals surface area contributed by atoms with Crippen LogP contribution in [0.5, 0.6) is 0 Å². The lowest BCUT2D eigenvalue weighted by Gasteiger charge is -2.32. The average Bonchev–Trinajstić information content (AvgIpc) is 3.18. The molecule has 2 fully saturated rings. The van der Waals surface area contributed by atoms with E-state index >= 15 is 0 Å². The van der Waals surface area contributed by atoms with Crippen LogP contribution in [0.1, 0.15) is 19.8 Å². The van der Waals surface area contributed by atoms with Crippen LogP contribution in [0.3, 0.4) is 0 Å². The number of benzene rings is 1. The molecule has 3 N–H and O–H groups in total. The summed E-state index contributed by atoms with van der Waals surface area (Å²) in [6.45, 7) is 7.87. The van der Waals surface area contributed by atoms with Crippen LogP contribution in [0.2, 0.25) is 0 Å². The van der Waals surface area contributed by atoms with Gasteiger partial charge in [-0.15, -0.1) is 0 Å². The molecule has 3 rings (SSSR count). The van der Waals surface area contributed by atoms with Crippen molar-refractivity contribution in [2.75, 3.05) is 51.1 Å². The molecule has 0 radical (unpaired) electrons. The number of quaternary nitrogens is 2. The van der Waals surface area contributed by atoms with Gasteiger partial charge in [-0.25, -0.2) is 4.39 Å². The third-order valence-electron chi connectivity index (χ3n) is 5.58. The molecule has 0 aliphatic carbocycles. The van der Waals surface area contributed by atoms with Gasteiger partial charge in [0.25, 0.3) is 11.8 Å². The number of hydrogen-bond acceptors (Lipinski definition) is 2. The van der Waals surface area contributed by atoms with E-state index in [1.807, 2.05) is 11.8 Å². The van der Waals surface area contributed by atoms with E-state index in [0.29, 0.717) is 12.2 Å². The number of carbonyl (C=O) groups excluding carboxylic acids is 2. The van der Waals surface area contributed by atoms with Crippen molar-refractivity contribution >= 4 is 17.5 Å². The molecule has 0 bridgehead atoms. The van der Waals surface area contributed by atoms with Gasteiger partial charge in [-0.2, -0.15) is 0 Å².